The van der Waals surface area contributed by atoms with Gasteiger partial charge in [-0.25, -0.2) is 4.79 Å². The summed E-state index contributed by atoms with van der Waals surface area (Å²) in [6, 6.07) is 0. The first kappa shape index (κ1) is 11.0. The number of carbonyl (C=O) groups excluding carboxylic acids is 1. The highest BCUT2D eigenvalue weighted by Gasteiger charge is 2.52. The molecule has 3 nitrogen and oxygen atoms in total. The third kappa shape index (κ3) is 2.47. The van der Waals surface area contributed by atoms with Crippen molar-refractivity contribution in [3.05, 3.63) is 12.7 Å². The molecule has 0 radical (unpaired) electrons. The summed E-state index contributed by atoms with van der Waals surface area (Å²) < 4.78 is 45.0. The molecule has 1 aliphatic heterocycles. The molecule has 0 aliphatic carbocycles. The van der Waals surface area contributed by atoms with Gasteiger partial charge in [-0.3, -0.25) is 0 Å². The average molecular weight is 210 g/mol. The van der Waals surface area contributed by atoms with Crippen molar-refractivity contribution in [3.63, 3.8) is 0 Å². The minimum absolute atomic E-state index is 0.0331. The fourth-order valence-electron chi connectivity index (χ4n) is 1.07. The molecule has 2 unspecified atom stereocenters. The molecule has 1 fully saturated rings. The largest absolute Gasteiger partial charge is 0.462 e. The standard InChI is InChI=1S/C8H9F3O3/c1-2-6(12)13-3-5-4-14-7(5)8(9,10)11/h2,5,7H,1,3-4H2. The number of alkyl halides is 3. The van der Waals surface area contributed by atoms with Crippen molar-refractivity contribution in [2.45, 2.75) is 12.3 Å². The van der Waals surface area contributed by atoms with E-state index in [1.54, 1.807) is 0 Å². The summed E-state index contributed by atoms with van der Waals surface area (Å²) in [7, 11) is 0. The van der Waals surface area contributed by atoms with E-state index >= 15 is 0 Å². The molecule has 0 amide bonds. The van der Waals surface area contributed by atoms with Crippen LogP contribution in [0.1, 0.15) is 0 Å². The van der Waals surface area contributed by atoms with Gasteiger partial charge in [-0.05, 0) is 0 Å². The maximum atomic E-state index is 12.1. The predicted molar refractivity (Wildman–Crippen MR) is 40.4 cm³/mol. The highest BCUT2D eigenvalue weighted by molar-refractivity contribution is 5.81. The Balaban J connectivity index is 2.33. The third-order valence-corrected chi connectivity index (χ3v) is 1.85. The average Bonchev–Trinajstić information content (AvgIpc) is 1.99. The molecule has 0 aromatic heterocycles. The minimum Gasteiger partial charge on any atom is -0.462 e. The molecular weight excluding hydrogens is 201 g/mol. The molecular formula is C8H9F3O3. The lowest BCUT2D eigenvalue weighted by Gasteiger charge is -2.37. The first-order valence-corrected chi connectivity index (χ1v) is 3.92. The fourth-order valence-corrected chi connectivity index (χ4v) is 1.07. The Kier molecular flexibility index (Phi) is 3.15. The van der Waals surface area contributed by atoms with Gasteiger partial charge >= 0.3 is 12.1 Å². The zero-order valence-corrected chi connectivity index (χ0v) is 7.21. The number of ether oxygens (including phenoxy) is 2. The van der Waals surface area contributed by atoms with Crippen LogP contribution < -0.4 is 0 Å². The molecule has 0 aromatic rings. The molecule has 2 atom stereocenters. The van der Waals surface area contributed by atoms with Gasteiger partial charge in [-0.15, -0.1) is 0 Å². The molecule has 1 aliphatic rings. The van der Waals surface area contributed by atoms with Crippen LogP contribution in [0.5, 0.6) is 0 Å². The van der Waals surface area contributed by atoms with E-state index in [0.717, 1.165) is 6.08 Å². The Morgan fingerprint density at radius 1 is 1.64 bits per heavy atom. The van der Waals surface area contributed by atoms with E-state index in [0.29, 0.717) is 0 Å². The second-order valence-corrected chi connectivity index (χ2v) is 2.89. The summed E-state index contributed by atoms with van der Waals surface area (Å²) in [5.41, 5.74) is 0. The second-order valence-electron chi connectivity index (χ2n) is 2.89. The predicted octanol–water partition coefficient (Wildman–Crippen LogP) is 1.29. The third-order valence-electron chi connectivity index (χ3n) is 1.85. The summed E-state index contributed by atoms with van der Waals surface area (Å²) in [5.74, 6) is -1.52. The van der Waals surface area contributed by atoms with Crippen LogP contribution in [0.4, 0.5) is 13.2 Å². The van der Waals surface area contributed by atoms with Gasteiger partial charge in [-0.1, -0.05) is 6.58 Å². The number of hydrogen-bond acceptors (Lipinski definition) is 3. The molecule has 0 spiro atoms. The van der Waals surface area contributed by atoms with Crippen molar-refractivity contribution in [1.29, 1.82) is 0 Å². The smallest absolute Gasteiger partial charge is 0.415 e. The van der Waals surface area contributed by atoms with E-state index in [-0.39, 0.29) is 13.2 Å². The lowest BCUT2D eigenvalue weighted by atomic mass is 9.99. The van der Waals surface area contributed by atoms with Gasteiger partial charge in [0, 0.05) is 6.08 Å². The highest BCUT2D eigenvalue weighted by atomic mass is 19.4. The molecule has 0 saturated carbocycles. The Bertz CT molecular complexity index is 236. The minimum atomic E-state index is -4.39. The molecule has 1 heterocycles. The van der Waals surface area contributed by atoms with E-state index in [4.69, 9.17) is 0 Å². The maximum Gasteiger partial charge on any atom is 0.415 e. The topological polar surface area (TPSA) is 35.5 Å². The Morgan fingerprint density at radius 2 is 2.29 bits per heavy atom. The van der Waals surface area contributed by atoms with Crippen molar-refractivity contribution in [3.8, 4) is 0 Å². The summed E-state index contributed by atoms with van der Waals surface area (Å²) in [6.07, 6.45) is -5.29. The van der Waals surface area contributed by atoms with Gasteiger partial charge in [0.25, 0.3) is 0 Å². The molecule has 0 N–H and O–H groups in total. The van der Waals surface area contributed by atoms with Crippen LogP contribution >= 0.6 is 0 Å². The van der Waals surface area contributed by atoms with Crippen LogP contribution in [0.2, 0.25) is 0 Å². The molecule has 80 valence electrons. The summed E-state index contributed by atoms with van der Waals surface area (Å²) in [4.78, 5) is 10.6. The van der Waals surface area contributed by atoms with Gasteiger partial charge in [0.2, 0.25) is 0 Å². The SMILES string of the molecule is C=CC(=O)OCC1COC1C(F)(F)F. The zero-order valence-electron chi connectivity index (χ0n) is 7.21. The molecule has 0 aromatic carbocycles. The van der Waals surface area contributed by atoms with Gasteiger partial charge in [-0.2, -0.15) is 13.2 Å². The van der Waals surface area contributed by atoms with E-state index in [9.17, 15) is 18.0 Å². The number of halogens is 3. The molecule has 1 rings (SSSR count). The van der Waals surface area contributed by atoms with Crippen molar-refractivity contribution in [2.24, 2.45) is 5.92 Å². The van der Waals surface area contributed by atoms with Crippen LogP contribution in [0.15, 0.2) is 12.7 Å². The summed E-state index contributed by atoms with van der Waals surface area (Å²) in [6.45, 7) is 2.81. The first-order valence-electron chi connectivity index (χ1n) is 3.92. The maximum absolute atomic E-state index is 12.1. The van der Waals surface area contributed by atoms with Crippen LogP contribution in [-0.4, -0.2) is 31.5 Å². The van der Waals surface area contributed by atoms with Gasteiger partial charge < -0.3 is 9.47 Å². The number of rotatable bonds is 3. The van der Waals surface area contributed by atoms with Crippen LogP contribution in [0.3, 0.4) is 0 Å². The van der Waals surface area contributed by atoms with Crippen LogP contribution in [-0.2, 0) is 14.3 Å². The molecule has 14 heavy (non-hydrogen) atoms. The summed E-state index contributed by atoms with van der Waals surface area (Å²) >= 11 is 0. The number of esters is 1. The molecule has 0 bridgehead atoms. The Labute approximate surface area is 78.5 Å². The van der Waals surface area contributed by atoms with Crippen molar-refractivity contribution in [1.82, 2.24) is 0 Å². The van der Waals surface area contributed by atoms with E-state index in [1.165, 1.54) is 0 Å². The zero-order chi connectivity index (χ0) is 10.8. The number of carbonyl (C=O) groups is 1. The first-order chi connectivity index (χ1) is 6.45. The quantitative estimate of drug-likeness (QED) is 0.520. The Hall–Kier alpha value is -1.04. The van der Waals surface area contributed by atoms with E-state index in [1.807, 2.05) is 0 Å². The fraction of sp³-hybridized carbons (Fsp3) is 0.625. The lowest BCUT2D eigenvalue weighted by molar-refractivity contribution is -0.293. The van der Waals surface area contributed by atoms with Gasteiger partial charge in [0.05, 0.1) is 19.1 Å². The molecule has 1 saturated heterocycles. The van der Waals surface area contributed by atoms with Crippen molar-refractivity contribution >= 4 is 5.97 Å². The van der Waals surface area contributed by atoms with E-state index in [2.05, 4.69) is 16.1 Å². The van der Waals surface area contributed by atoms with Crippen molar-refractivity contribution < 1.29 is 27.4 Å². The number of hydrogen-bond donors (Lipinski definition) is 0. The van der Waals surface area contributed by atoms with Crippen LogP contribution in [0.25, 0.3) is 0 Å². The lowest BCUT2D eigenvalue weighted by Crippen LogP contribution is -2.51. The monoisotopic (exact) mass is 210 g/mol. The van der Waals surface area contributed by atoms with Gasteiger partial charge in [0.15, 0.2) is 6.10 Å². The van der Waals surface area contributed by atoms with Crippen molar-refractivity contribution in [2.75, 3.05) is 13.2 Å². The Morgan fingerprint density at radius 3 is 2.64 bits per heavy atom. The van der Waals surface area contributed by atoms with Gasteiger partial charge in [0.1, 0.15) is 0 Å². The molecule has 6 heteroatoms. The normalized spacial score (nSPS) is 26.5. The van der Waals surface area contributed by atoms with Crippen LogP contribution in [0, 0.1) is 5.92 Å². The van der Waals surface area contributed by atoms with E-state index < -0.39 is 24.2 Å². The summed E-state index contributed by atoms with van der Waals surface area (Å²) in [5, 5.41) is 0. The second kappa shape index (κ2) is 4.00. The highest BCUT2D eigenvalue weighted by Crippen LogP contribution is 2.35.